The Morgan fingerprint density at radius 3 is 1.40 bits per heavy atom. The Bertz CT molecular complexity index is 3550. The van der Waals surface area contributed by atoms with Crippen molar-refractivity contribution < 1.29 is 126 Å². The summed E-state index contributed by atoms with van der Waals surface area (Å²) in [6, 6.07) is 1.23. The van der Waals surface area contributed by atoms with Crippen molar-refractivity contribution in [2.24, 2.45) is 43.1 Å². The maximum atomic E-state index is 15.3. The van der Waals surface area contributed by atoms with Crippen LogP contribution in [0.15, 0.2) is 88.3 Å². The molecule has 0 aliphatic carbocycles. The maximum absolute atomic E-state index is 15.3. The molecule has 33 nitrogen and oxygen atoms in total. The van der Waals surface area contributed by atoms with Crippen LogP contribution >= 0.6 is 57.4 Å². The first-order valence-corrected chi connectivity index (χ1v) is 39.2. The molecule has 3 saturated heterocycles. The third kappa shape index (κ3) is 25.2. The Kier molecular flexibility index (Phi) is 34.6. The molecule has 3 fully saturated rings. The van der Waals surface area contributed by atoms with Gasteiger partial charge in [0.2, 0.25) is 34.5 Å². The molecule has 0 radical (unpaired) electrons. The van der Waals surface area contributed by atoms with Gasteiger partial charge in [-0.05, 0) is 121 Å². The van der Waals surface area contributed by atoms with E-state index in [0.717, 1.165) is 29.3 Å². The summed E-state index contributed by atoms with van der Waals surface area (Å²) in [4.78, 5) is 82.4. The number of hydrogen-bond acceptors (Lipinski definition) is 32. The van der Waals surface area contributed by atoms with Crippen molar-refractivity contribution in [1.29, 1.82) is 0 Å². The van der Waals surface area contributed by atoms with E-state index in [9.17, 15) is 61.8 Å². The summed E-state index contributed by atoms with van der Waals surface area (Å²) in [7, 11) is -12.2. The van der Waals surface area contributed by atoms with Crippen molar-refractivity contribution in [1.82, 2.24) is 19.4 Å². The Hall–Kier alpha value is -5.69. The van der Waals surface area contributed by atoms with Crippen LogP contribution in [0.1, 0.15) is 109 Å². The average molecular weight is 1640 g/mol. The number of carbonyl (C=O) groups is 5. The predicted octanol–water partition coefficient (Wildman–Crippen LogP) is 8.37. The van der Waals surface area contributed by atoms with Crippen molar-refractivity contribution in [3.05, 3.63) is 84.0 Å². The predicted molar refractivity (Wildman–Crippen MR) is 381 cm³/mol. The van der Waals surface area contributed by atoms with E-state index in [1.165, 1.54) is 40.4 Å². The van der Waals surface area contributed by atoms with Gasteiger partial charge in [-0.25, -0.2) is 32.3 Å². The number of alkyl halides is 7. The first-order chi connectivity index (χ1) is 48.8. The lowest BCUT2D eigenvalue weighted by Gasteiger charge is -2.34. The lowest BCUT2D eigenvalue weighted by atomic mass is 9.94. The third-order valence-corrected chi connectivity index (χ3v) is 22.0. The summed E-state index contributed by atoms with van der Waals surface area (Å²) < 4.78 is 163. The summed E-state index contributed by atoms with van der Waals surface area (Å²) in [5.74, 6) is -4.72. The van der Waals surface area contributed by atoms with Crippen molar-refractivity contribution >= 4 is 106 Å². The van der Waals surface area contributed by atoms with Crippen molar-refractivity contribution in [2.75, 3.05) is 70.0 Å². The summed E-state index contributed by atoms with van der Waals surface area (Å²) >= 11 is 18.1. The van der Waals surface area contributed by atoms with Crippen LogP contribution in [-0.2, 0) is 93.4 Å². The highest BCUT2D eigenvalue weighted by molar-refractivity contribution is 7.58. The topological polar surface area (TPSA) is 452 Å². The fraction of sp³-hybridized carbons (Fsp3) is 0.667. The number of hydrogen-bond donors (Lipinski definition) is 6. The Balaban J connectivity index is 0.000000416. The SMILES string of the molecule is C=C1N=C(N)C=CN1[C@@H]1O[C@](CCl)(CC(F)P(C)(=O)OCC)[C@@H](O)[C@H]1F.C=C1N=C(N)C=CN1[C@@H]1O[C@](CCl)(CCP(=O)(OCOC(=O)C(C)(C)C)OCOC(=O)C(C)(C)C)[C@@H](O)[C@H]1F.C=O.CC(C)(C)C(=O)OCOP(=O)(/C=C\[C@@]1(CCl)O[C@@H](n2ccc(N)nc2=O)[C@H](F)[C@@H]1O)OCOC(=O)C(C)(C)C. The molecule has 5 aliphatic heterocycles. The number of ether oxygens (including phenoxy) is 7. The number of nitrogen functional groups attached to an aromatic ring is 1. The van der Waals surface area contributed by atoms with Crippen LogP contribution in [0.2, 0.25) is 0 Å². The minimum absolute atomic E-state index is 0.0532. The lowest BCUT2D eigenvalue weighted by Crippen LogP contribution is -2.46. The second-order valence-electron chi connectivity index (χ2n) is 28.2. The number of aliphatic hydroxyl groups excluding tert-OH is 3. The second kappa shape index (κ2) is 38.8. The summed E-state index contributed by atoms with van der Waals surface area (Å²) in [5.41, 5.74) is 6.69. The lowest BCUT2D eigenvalue weighted by molar-refractivity contribution is -0.163. The monoisotopic (exact) mass is 1640 g/mol. The Morgan fingerprint density at radius 1 is 0.642 bits per heavy atom. The fourth-order valence-corrected chi connectivity index (χ4v) is 14.0. The van der Waals surface area contributed by atoms with Gasteiger partial charge in [0.15, 0.2) is 43.1 Å². The van der Waals surface area contributed by atoms with Crippen molar-refractivity contribution in [3.63, 3.8) is 0 Å². The van der Waals surface area contributed by atoms with Gasteiger partial charge >= 0.3 is 44.8 Å². The molecule has 43 heteroatoms. The van der Waals surface area contributed by atoms with Gasteiger partial charge in [0.1, 0.15) is 71.0 Å². The zero-order chi connectivity index (χ0) is 81.3. The van der Waals surface area contributed by atoms with E-state index in [4.69, 9.17) is 113 Å². The number of halogens is 7. The number of rotatable bonds is 28. The highest BCUT2D eigenvalue weighted by Crippen LogP contribution is 2.56. The van der Waals surface area contributed by atoms with Crippen molar-refractivity contribution in [2.45, 2.75) is 181 Å². The molecule has 6 heterocycles. The van der Waals surface area contributed by atoms with Gasteiger partial charge in [-0.15, -0.1) is 34.8 Å². The first kappa shape index (κ1) is 94.5. The van der Waals surface area contributed by atoms with Gasteiger partial charge in [0, 0.05) is 37.5 Å². The third-order valence-electron chi connectivity index (χ3n) is 15.5. The highest BCUT2D eigenvalue weighted by Gasteiger charge is 2.60. The molecule has 5 aliphatic rings. The normalized spacial score (nSPS) is 27.2. The molecule has 2 unspecified atom stereocenters. The van der Waals surface area contributed by atoms with Gasteiger partial charge in [-0.2, -0.15) is 4.98 Å². The van der Waals surface area contributed by atoms with Crippen LogP contribution in [0.25, 0.3) is 0 Å². The van der Waals surface area contributed by atoms with E-state index in [1.807, 2.05) is 6.79 Å². The van der Waals surface area contributed by atoms with Gasteiger partial charge in [-0.1, -0.05) is 13.2 Å². The number of aromatic nitrogens is 2. The minimum atomic E-state index is -4.40. The average Bonchev–Trinajstić information content (AvgIpc) is 1.62. The number of amidine groups is 2. The molecule has 0 bridgehead atoms. The van der Waals surface area contributed by atoms with E-state index >= 15 is 8.78 Å². The molecule has 602 valence electrons. The molecule has 1 aromatic rings. The molecule has 6 rings (SSSR count). The molecule has 0 aromatic carbocycles. The van der Waals surface area contributed by atoms with Gasteiger partial charge in [0.05, 0.1) is 52.1 Å². The minimum Gasteiger partial charge on any atom is -0.438 e. The number of carbonyl (C=O) groups excluding carboxylic acids is 5. The Morgan fingerprint density at radius 2 is 1.03 bits per heavy atom. The van der Waals surface area contributed by atoms with E-state index < -0.39 is 209 Å². The number of nitrogens with two attached hydrogens (primary N) is 3. The molecule has 0 saturated carbocycles. The van der Waals surface area contributed by atoms with Crippen LogP contribution in [0.4, 0.5) is 23.4 Å². The van der Waals surface area contributed by atoms with E-state index in [1.54, 1.807) is 90.0 Å². The standard InChI is InChI=1S/C24H38ClFN3O9P.C23H34ClFN3O10P.C15H23ClF2N3O4P.CH2O/c1-15-28-16(27)8-10-29(15)19-17(26)18(30)24(12-25,38-19)9-11-39(33,36-13-34-20(31)22(2,3)4)37-14-35-21(32)23(5,6)7;1-21(2,3)18(30)34-12-36-39(33,37-13-35-19(31)22(4,5)6)10-8-23(11-24)16(29)15(25)17(38-23)28-9-7-14(26)27-20(28)32;1-4-24-26(3,23)10(17)7-15(8-16)13(22)12(18)14(25-15)21-6-5-11(19)20-9(21)2;1-2/h8,10,17-19,30H,1,9,11-14H2,2-7H3,(H2,27,28);7-10,15-17,29H,11-13H2,1-6H3,(H2,26,27,32);5-6,10,12-14,22H,2,4,7-8H2,1,3H3,(H2,19,20);1H2/b;10-8-;;/t17-,18+,19-,24+;15-,16+,17-,23+;10?,12-,13+,14-,15+,26?;/m111./s1. The molecule has 9 N–H and O–H groups in total. The molecular formula is C63H97Cl3F4N9O24P3. The largest absolute Gasteiger partial charge is 0.438 e. The fourth-order valence-electron chi connectivity index (χ4n) is 9.24. The van der Waals surface area contributed by atoms with Crippen LogP contribution in [-0.4, -0.2) is 213 Å². The molecule has 14 atom stereocenters. The van der Waals surface area contributed by atoms with Gasteiger partial charge in [-0.3, -0.25) is 55.5 Å². The van der Waals surface area contributed by atoms with Crippen LogP contribution in [0.3, 0.4) is 0 Å². The molecule has 1 aromatic heterocycles. The molecular weight excluding hydrogens is 1540 g/mol. The summed E-state index contributed by atoms with van der Waals surface area (Å²) in [6.45, 7) is 28.3. The molecule has 0 spiro atoms. The zero-order valence-electron chi connectivity index (χ0n) is 61.1. The maximum Gasteiger partial charge on any atom is 0.359 e. The van der Waals surface area contributed by atoms with Gasteiger partial charge < -0.3 is 84.8 Å². The number of esters is 4. The van der Waals surface area contributed by atoms with Crippen LogP contribution < -0.4 is 22.9 Å². The van der Waals surface area contributed by atoms with Gasteiger partial charge in [0.25, 0.3) is 0 Å². The Labute approximate surface area is 626 Å². The van der Waals surface area contributed by atoms with Crippen LogP contribution in [0, 0.1) is 21.7 Å². The van der Waals surface area contributed by atoms with Crippen LogP contribution in [0.5, 0.6) is 0 Å². The molecule has 106 heavy (non-hydrogen) atoms. The van der Waals surface area contributed by atoms with E-state index in [0.29, 0.717) is 0 Å². The number of aliphatic imine (C=N–C) groups is 2. The smallest absolute Gasteiger partial charge is 0.359 e. The van der Waals surface area contributed by atoms with E-state index in [-0.39, 0.29) is 42.2 Å². The number of anilines is 1. The number of nitrogens with zero attached hydrogens (tertiary/aromatic N) is 6. The zero-order valence-corrected chi connectivity index (χ0v) is 66.1. The molecule has 0 amide bonds. The second-order valence-corrected chi connectivity index (χ2v) is 35.7. The first-order valence-electron chi connectivity index (χ1n) is 32.1. The van der Waals surface area contributed by atoms with E-state index in [2.05, 4.69) is 28.1 Å². The summed E-state index contributed by atoms with van der Waals surface area (Å²) in [6.07, 6.45) is -9.48. The highest BCUT2D eigenvalue weighted by atomic mass is 35.5. The van der Waals surface area contributed by atoms with Crippen molar-refractivity contribution in [3.8, 4) is 0 Å². The number of aliphatic hydroxyl groups is 3. The summed E-state index contributed by atoms with van der Waals surface area (Å²) in [5, 5.41) is 31.8. The quantitative estimate of drug-likeness (QED) is 0.0114.